The number of carbonyl (C=O) groups excluding carboxylic acids is 1. The first-order chi connectivity index (χ1) is 9.61. The van der Waals surface area contributed by atoms with Crippen LogP contribution in [0, 0.1) is 10.1 Å². The molecule has 0 radical (unpaired) electrons. The van der Waals surface area contributed by atoms with Gasteiger partial charge in [-0.25, -0.2) is 0 Å². The number of anilines is 1. The molecule has 1 aromatic carbocycles. The number of nitro groups is 1. The fourth-order valence-corrected chi connectivity index (χ4v) is 1.64. The Hall–Kier alpha value is -2.90. The van der Waals surface area contributed by atoms with Crippen molar-refractivity contribution in [2.24, 2.45) is 0 Å². The predicted molar refractivity (Wildman–Crippen MR) is 70.3 cm³/mol. The Morgan fingerprint density at radius 1 is 1.45 bits per heavy atom. The smallest absolute Gasteiger partial charge is 0.292 e. The van der Waals surface area contributed by atoms with Gasteiger partial charge in [-0.3, -0.25) is 14.9 Å². The van der Waals surface area contributed by atoms with E-state index >= 15 is 0 Å². The Labute approximate surface area is 113 Å². The van der Waals surface area contributed by atoms with Gasteiger partial charge >= 0.3 is 0 Å². The Balaban J connectivity index is 2.12. The normalized spacial score (nSPS) is 10.1. The van der Waals surface area contributed by atoms with Gasteiger partial charge in [-0.2, -0.15) is 0 Å². The molecule has 0 spiro atoms. The lowest BCUT2D eigenvalue weighted by atomic mass is 10.1. The minimum Gasteiger partial charge on any atom is -0.383 e. The lowest BCUT2D eigenvalue weighted by molar-refractivity contribution is -0.383. The maximum atomic E-state index is 11.9. The quantitative estimate of drug-likeness (QED) is 0.633. The molecule has 2 rings (SSSR count). The summed E-state index contributed by atoms with van der Waals surface area (Å²) >= 11 is 0. The van der Waals surface area contributed by atoms with Crippen molar-refractivity contribution in [3.05, 3.63) is 51.9 Å². The van der Waals surface area contributed by atoms with Crippen molar-refractivity contribution in [2.75, 3.05) is 12.4 Å². The number of rotatable bonds is 5. The summed E-state index contributed by atoms with van der Waals surface area (Å²) in [5, 5.41) is 19.8. The Morgan fingerprint density at radius 3 is 2.85 bits per heavy atom. The van der Waals surface area contributed by atoms with Crippen molar-refractivity contribution in [1.82, 2.24) is 10.5 Å². The lowest BCUT2D eigenvalue weighted by Gasteiger charge is -2.06. The average molecular weight is 276 g/mol. The van der Waals surface area contributed by atoms with E-state index in [2.05, 4.69) is 20.3 Å². The molecule has 1 aromatic heterocycles. The molecule has 20 heavy (non-hydrogen) atoms. The number of benzene rings is 1. The molecule has 0 saturated carbocycles. The van der Waals surface area contributed by atoms with Crippen molar-refractivity contribution in [1.29, 1.82) is 0 Å². The fraction of sp³-hybridized carbons (Fsp3) is 0.167. The number of hydrogen-bond donors (Lipinski definition) is 2. The van der Waals surface area contributed by atoms with Gasteiger partial charge in [0.15, 0.2) is 0 Å². The molecule has 2 N–H and O–H groups in total. The number of nitrogens with zero attached hydrogens (tertiary/aromatic N) is 2. The third-order valence-electron chi connectivity index (χ3n) is 2.65. The van der Waals surface area contributed by atoms with E-state index < -0.39 is 4.92 Å². The summed E-state index contributed by atoms with van der Waals surface area (Å²) < 4.78 is 4.64. The highest BCUT2D eigenvalue weighted by molar-refractivity contribution is 5.95. The van der Waals surface area contributed by atoms with Crippen molar-refractivity contribution in [3.8, 4) is 0 Å². The van der Waals surface area contributed by atoms with Gasteiger partial charge in [0.25, 0.3) is 11.6 Å². The summed E-state index contributed by atoms with van der Waals surface area (Å²) in [6.07, 6.45) is 1.41. The molecule has 8 nitrogen and oxygen atoms in total. The number of amides is 1. The minimum atomic E-state index is -0.511. The van der Waals surface area contributed by atoms with Crippen LogP contribution in [0.2, 0.25) is 0 Å². The molecule has 1 heterocycles. The first-order valence-corrected chi connectivity index (χ1v) is 5.75. The van der Waals surface area contributed by atoms with Crippen LogP contribution in [0.3, 0.4) is 0 Å². The van der Waals surface area contributed by atoms with Gasteiger partial charge in [0.2, 0.25) is 0 Å². The van der Waals surface area contributed by atoms with E-state index in [1.54, 1.807) is 13.1 Å². The van der Waals surface area contributed by atoms with Gasteiger partial charge in [-0.15, -0.1) is 0 Å². The molecule has 104 valence electrons. The van der Waals surface area contributed by atoms with Gasteiger partial charge in [0, 0.05) is 24.7 Å². The first kappa shape index (κ1) is 13.5. The maximum Gasteiger partial charge on any atom is 0.292 e. The van der Waals surface area contributed by atoms with Gasteiger partial charge in [0.1, 0.15) is 17.6 Å². The van der Waals surface area contributed by atoms with Gasteiger partial charge in [-0.1, -0.05) is 5.16 Å². The second-order valence-corrected chi connectivity index (χ2v) is 3.91. The summed E-state index contributed by atoms with van der Waals surface area (Å²) in [4.78, 5) is 22.2. The summed E-state index contributed by atoms with van der Waals surface area (Å²) in [7, 11) is 1.55. The largest absolute Gasteiger partial charge is 0.383 e. The van der Waals surface area contributed by atoms with Crippen molar-refractivity contribution in [2.45, 2.75) is 6.54 Å². The zero-order chi connectivity index (χ0) is 14.5. The van der Waals surface area contributed by atoms with Crippen LogP contribution in [-0.2, 0) is 6.54 Å². The third kappa shape index (κ3) is 2.91. The summed E-state index contributed by atoms with van der Waals surface area (Å²) in [5.74, 6) is -0.348. The van der Waals surface area contributed by atoms with Crippen LogP contribution in [0.4, 0.5) is 11.4 Å². The van der Waals surface area contributed by atoms with Crippen LogP contribution in [0.15, 0.2) is 35.1 Å². The Kier molecular flexibility index (Phi) is 3.94. The number of hydrogen-bond acceptors (Lipinski definition) is 6. The molecular formula is C12H12N4O4. The molecule has 0 saturated heterocycles. The van der Waals surface area contributed by atoms with E-state index in [0.717, 1.165) is 0 Å². The van der Waals surface area contributed by atoms with Crippen LogP contribution >= 0.6 is 0 Å². The van der Waals surface area contributed by atoms with Gasteiger partial charge in [-0.05, 0) is 12.1 Å². The van der Waals surface area contributed by atoms with Crippen LogP contribution in [0.5, 0.6) is 0 Å². The molecule has 1 amide bonds. The van der Waals surface area contributed by atoms with Crippen molar-refractivity contribution < 1.29 is 14.2 Å². The van der Waals surface area contributed by atoms with Crippen LogP contribution in [0.25, 0.3) is 0 Å². The van der Waals surface area contributed by atoms with Crippen LogP contribution in [-0.4, -0.2) is 23.0 Å². The molecule has 0 fully saturated rings. The Morgan fingerprint density at radius 2 is 2.25 bits per heavy atom. The van der Waals surface area contributed by atoms with Gasteiger partial charge < -0.3 is 15.2 Å². The predicted octanol–water partition coefficient (Wildman–Crippen LogP) is 1.55. The van der Waals surface area contributed by atoms with E-state index in [1.165, 1.54) is 24.5 Å². The van der Waals surface area contributed by atoms with Crippen molar-refractivity contribution >= 4 is 17.3 Å². The average Bonchev–Trinajstić information content (AvgIpc) is 2.97. The van der Waals surface area contributed by atoms with E-state index in [4.69, 9.17) is 0 Å². The molecule has 0 aliphatic rings. The summed E-state index contributed by atoms with van der Waals surface area (Å²) in [6.45, 7) is 0.223. The lowest BCUT2D eigenvalue weighted by Crippen LogP contribution is -2.23. The zero-order valence-electron chi connectivity index (χ0n) is 10.6. The third-order valence-corrected chi connectivity index (χ3v) is 2.65. The highest BCUT2D eigenvalue weighted by Gasteiger charge is 2.15. The number of nitrogens with one attached hydrogen (secondary N) is 2. The van der Waals surface area contributed by atoms with E-state index in [9.17, 15) is 14.9 Å². The SMILES string of the molecule is CNc1cc(C(=O)NCc2ccon2)ccc1[N+](=O)[O-]. The van der Waals surface area contributed by atoms with Crippen LogP contribution in [0.1, 0.15) is 16.1 Å². The second kappa shape index (κ2) is 5.83. The summed E-state index contributed by atoms with van der Waals surface area (Å²) in [5.41, 5.74) is 1.11. The molecule has 0 bridgehead atoms. The topological polar surface area (TPSA) is 110 Å². The number of carbonyl (C=O) groups is 1. The standard InChI is InChI=1S/C12H12N4O4/c1-13-10-6-8(2-3-11(10)16(18)19)12(17)14-7-9-4-5-20-15-9/h2-6,13H,7H2,1H3,(H,14,17). The molecule has 0 aliphatic carbocycles. The zero-order valence-corrected chi connectivity index (χ0v) is 10.6. The van der Waals surface area contributed by atoms with Crippen LogP contribution < -0.4 is 10.6 Å². The number of nitro benzene ring substituents is 1. The molecule has 2 aromatic rings. The molecule has 8 heteroatoms. The minimum absolute atomic E-state index is 0.0828. The first-order valence-electron chi connectivity index (χ1n) is 5.75. The molecule has 0 atom stereocenters. The second-order valence-electron chi connectivity index (χ2n) is 3.91. The fourth-order valence-electron chi connectivity index (χ4n) is 1.64. The van der Waals surface area contributed by atoms with Crippen molar-refractivity contribution in [3.63, 3.8) is 0 Å². The highest BCUT2D eigenvalue weighted by atomic mass is 16.6. The summed E-state index contributed by atoms with van der Waals surface area (Å²) in [6, 6.07) is 5.75. The monoisotopic (exact) mass is 276 g/mol. The van der Waals surface area contributed by atoms with E-state index in [1.807, 2.05) is 0 Å². The maximum absolute atomic E-state index is 11.9. The molecular weight excluding hydrogens is 264 g/mol. The molecule has 0 aliphatic heterocycles. The highest BCUT2D eigenvalue weighted by Crippen LogP contribution is 2.24. The Bertz CT molecular complexity index is 624. The van der Waals surface area contributed by atoms with E-state index in [0.29, 0.717) is 11.3 Å². The molecule has 0 unspecified atom stereocenters. The van der Waals surface area contributed by atoms with E-state index in [-0.39, 0.29) is 23.8 Å². The number of aromatic nitrogens is 1. The van der Waals surface area contributed by atoms with Gasteiger partial charge in [0.05, 0.1) is 11.5 Å².